The van der Waals surface area contributed by atoms with E-state index in [0.717, 1.165) is 42.8 Å². The number of carboxylic acids is 1. The minimum Gasteiger partial charge on any atom is -0.478 e. The van der Waals surface area contributed by atoms with Crippen molar-refractivity contribution in [3.8, 4) is 0 Å². The van der Waals surface area contributed by atoms with Crippen molar-refractivity contribution in [2.45, 2.75) is 50.4 Å². The van der Waals surface area contributed by atoms with Crippen LogP contribution < -0.4 is 5.32 Å². The van der Waals surface area contributed by atoms with E-state index in [1.54, 1.807) is 41.6 Å². The Morgan fingerprint density at radius 3 is 2.69 bits per heavy atom. The van der Waals surface area contributed by atoms with Crippen LogP contribution in [0.5, 0.6) is 0 Å². The molecule has 2 aromatic rings. The van der Waals surface area contributed by atoms with Gasteiger partial charge in [0.2, 0.25) is 0 Å². The second-order valence-electron chi connectivity index (χ2n) is 8.57. The number of hydrogen-bond donors (Lipinski definition) is 2. The van der Waals surface area contributed by atoms with E-state index in [2.05, 4.69) is 5.32 Å². The summed E-state index contributed by atoms with van der Waals surface area (Å²) in [6, 6.07) is 6.57. The summed E-state index contributed by atoms with van der Waals surface area (Å²) in [5.74, 6) is 0.528. The molecule has 0 amide bonds. The van der Waals surface area contributed by atoms with Gasteiger partial charge in [-0.2, -0.15) is 16.9 Å². The monoisotopic (exact) mass is 456 g/mol. The number of carbonyl (C=O) groups is 1. The van der Waals surface area contributed by atoms with Gasteiger partial charge in [-0.15, -0.1) is 0 Å². The van der Waals surface area contributed by atoms with Gasteiger partial charge in [0, 0.05) is 35.9 Å². The molecule has 0 spiro atoms. The van der Waals surface area contributed by atoms with Crippen LogP contribution in [0.15, 0.2) is 35.5 Å². The molecule has 0 saturated heterocycles. The Morgan fingerprint density at radius 2 is 2.06 bits per heavy atom. The number of para-hydroxylation sites is 1. The van der Waals surface area contributed by atoms with Crippen molar-refractivity contribution < 1.29 is 14.8 Å². The zero-order valence-corrected chi connectivity index (χ0v) is 19.4. The fourth-order valence-electron chi connectivity index (χ4n) is 5.52. The summed E-state index contributed by atoms with van der Waals surface area (Å²) in [6.45, 7) is 1.73. The van der Waals surface area contributed by atoms with Crippen LogP contribution in [0, 0.1) is 10.1 Å². The van der Waals surface area contributed by atoms with Crippen molar-refractivity contribution in [2.75, 3.05) is 17.3 Å². The topological polar surface area (TPSA) is 110 Å². The van der Waals surface area contributed by atoms with E-state index in [9.17, 15) is 20.0 Å². The Balaban J connectivity index is 2.14. The highest BCUT2D eigenvalue weighted by atomic mass is 32.2. The molecule has 2 aliphatic rings. The summed E-state index contributed by atoms with van der Waals surface area (Å²) in [7, 11) is 1.85. The third-order valence-electron chi connectivity index (χ3n) is 6.81. The molecule has 9 heteroatoms. The van der Waals surface area contributed by atoms with Crippen LogP contribution in [-0.4, -0.2) is 37.8 Å². The molecule has 1 unspecified atom stereocenters. The number of fused-ring (bicyclic) bond motifs is 1. The lowest BCUT2D eigenvalue weighted by Crippen LogP contribution is -2.41. The number of aryl methyl sites for hydroxylation is 1. The minimum atomic E-state index is -1.17. The molecule has 1 atom stereocenters. The number of carboxylic acid groups (broad SMARTS) is 1. The Labute approximate surface area is 191 Å². The molecule has 4 rings (SSSR count). The number of anilines is 1. The third-order valence-corrected chi connectivity index (χ3v) is 7.42. The maximum atomic E-state index is 12.7. The highest BCUT2D eigenvalue weighted by Crippen LogP contribution is 2.55. The van der Waals surface area contributed by atoms with E-state index in [1.807, 2.05) is 13.3 Å². The molecular weight excluding hydrogens is 428 g/mol. The van der Waals surface area contributed by atoms with E-state index in [4.69, 9.17) is 5.10 Å². The SMILES string of the molecule is CSCCC1(c2ccccc2[N+](=O)[O-])C(C(=O)O)=C(C)Nc2c1c(C1CCCC1)nn2C. The first-order valence-corrected chi connectivity index (χ1v) is 12.2. The van der Waals surface area contributed by atoms with Gasteiger partial charge in [-0.1, -0.05) is 31.0 Å². The molecule has 32 heavy (non-hydrogen) atoms. The Hall–Kier alpha value is -2.81. The quantitative estimate of drug-likeness (QED) is 0.454. The average molecular weight is 457 g/mol. The zero-order valence-electron chi connectivity index (χ0n) is 18.6. The van der Waals surface area contributed by atoms with Crippen molar-refractivity contribution in [3.63, 3.8) is 0 Å². The summed E-state index contributed by atoms with van der Waals surface area (Å²) in [4.78, 5) is 24.4. The maximum absolute atomic E-state index is 12.7. The first-order valence-electron chi connectivity index (χ1n) is 10.8. The number of aliphatic carboxylic acids is 1. The standard InChI is InChI=1S/C23H28N4O4S/c1-14-18(22(28)29)23(12-13-32-3,16-10-6-7-11-17(16)27(30)31)19-20(15-8-4-5-9-15)25-26(2)21(19)24-14/h6-7,10-11,15,24H,4-5,8-9,12-13H2,1-3H3,(H,28,29). The van der Waals surface area contributed by atoms with Gasteiger partial charge >= 0.3 is 5.97 Å². The number of nitro benzene ring substituents is 1. The highest BCUT2D eigenvalue weighted by Gasteiger charge is 2.52. The molecule has 8 nitrogen and oxygen atoms in total. The second-order valence-corrected chi connectivity index (χ2v) is 9.55. The second kappa shape index (κ2) is 8.61. The predicted octanol–water partition coefficient (Wildman–Crippen LogP) is 4.81. The summed E-state index contributed by atoms with van der Waals surface area (Å²) in [5.41, 5.74) is 1.51. The Bertz CT molecular complexity index is 1100. The molecule has 1 saturated carbocycles. The average Bonchev–Trinajstić information content (AvgIpc) is 3.40. The van der Waals surface area contributed by atoms with Crippen molar-refractivity contribution in [1.29, 1.82) is 0 Å². The molecule has 2 N–H and O–H groups in total. The number of benzene rings is 1. The lowest BCUT2D eigenvalue weighted by molar-refractivity contribution is -0.385. The Kier molecular flexibility index (Phi) is 6.03. The lowest BCUT2D eigenvalue weighted by Gasteiger charge is -2.40. The first kappa shape index (κ1) is 22.4. The molecule has 170 valence electrons. The van der Waals surface area contributed by atoms with Crippen LogP contribution >= 0.6 is 11.8 Å². The molecule has 0 bridgehead atoms. The number of allylic oxidation sites excluding steroid dienone is 1. The molecular formula is C23H28N4O4S. The third kappa shape index (κ3) is 3.39. The molecule has 1 aromatic heterocycles. The van der Waals surface area contributed by atoms with Crippen molar-refractivity contribution >= 4 is 29.2 Å². The summed E-state index contributed by atoms with van der Waals surface area (Å²) in [6.07, 6.45) is 6.58. The number of nitrogens with zero attached hydrogens (tertiary/aromatic N) is 3. The van der Waals surface area contributed by atoms with Gasteiger partial charge in [0.05, 0.1) is 21.6 Å². The highest BCUT2D eigenvalue weighted by molar-refractivity contribution is 7.98. The predicted molar refractivity (Wildman–Crippen MR) is 125 cm³/mol. The number of hydrogen-bond acceptors (Lipinski definition) is 6. The van der Waals surface area contributed by atoms with E-state index < -0.39 is 16.3 Å². The van der Waals surface area contributed by atoms with Gasteiger partial charge in [-0.25, -0.2) is 4.79 Å². The molecule has 1 aliphatic carbocycles. The van der Waals surface area contributed by atoms with Crippen LogP contribution in [0.25, 0.3) is 0 Å². The molecule has 1 fully saturated rings. The maximum Gasteiger partial charge on any atom is 0.334 e. The normalized spacial score (nSPS) is 20.8. The van der Waals surface area contributed by atoms with E-state index >= 15 is 0 Å². The number of rotatable bonds is 7. The summed E-state index contributed by atoms with van der Waals surface area (Å²) < 4.78 is 1.77. The van der Waals surface area contributed by atoms with Crippen molar-refractivity contribution in [1.82, 2.24) is 9.78 Å². The number of nitrogens with one attached hydrogen (secondary N) is 1. The number of thioether (sulfide) groups is 1. The lowest BCUT2D eigenvalue weighted by atomic mass is 9.63. The van der Waals surface area contributed by atoms with Gasteiger partial charge in [0.25, 0.3) is 5.69 Å². The van der Waals surface area contributed by atoms with Crippen LogP contribution in [0.1, 0.15) is 61.8 Å². The fraction of sp³-hybridized carbons (Fsp3) is 0.478. The first-order chi connectivity index (χ1) is 15.3. The van der Waals surface area contributed by atoms with E-state index in [-0.39, 0.29) is 17.2 Å². The van der Waals surface area contributed by atoms with Crippen molar-refractivity contribution in [3.05, 3.63) is 62.5 Å². The van der Waals surface area contributed by atoms with Gasteiger partial charge in [0.1, 0.15) is 5.82 Å². The fourth-order valence-corrected chi connectivity index (χ4v) is 6.04. The van der Waals surface area contributed by atoms with Crippen molar-refractivity contribution in [2.24, 2.45) is 7.05 Å². The van der Waals surface area contributed by atoms with E-state index in [1.165, 1.54) is 6.07 Å². The molecule has 2 heterocycles. The smallest absolute Gasteiger partial charge is 0.334 e. The van der Waals surface area contributed by atoms with Crippen LogP contribution in [0.2, 0.25) is 0 Å². The summed E-state index contributed by atoms with van der Waals surface area (Å²) >= 11 is 1.60. The summed E-state index contributed by atoms with van der Waals surface area (Å²) in [5, 5.41) is 30.7. The molecule has 1 aliphatic heterocycles. The van der Waals surface area contributed by atoms with Crippen LogP contribution in [-0.2, 0) is 17.3 Å². The zero-order chi connectivity index (χ0) is 23.0. The largest absolute Gasteiger partial charge is 0.478 e. The van der Waals surface area contributed by atoms with E-state index in [0.29, 0.717) is 23.4 Å². The molecule has 1 aromatic carbocycles. The van der Waals surface area contributed by atoms with Gasteiger partial charge in [-0.05, 0) is 38.2 Å². The Morgan fingerprint density at radius 1 is 1.38 bits per heavy atom. The molecule has 0 radical (unpaired) electrons. The minimum absolute atomic E-state index is 0.0609. The van der Waals surface area contributed by atoms with Gasteiger partial charge < -0.3 is 10.4 Å². The number of aromatic nitrogens is 2. The van der Waals surface area contributed by atoms with Crippen LogP contribution in [0.4, 0.5) is 11.5 Å². The number of nitro groups is 1. The van der Waals surface area contributed by atoms with Crippen LogP contribution in [0.3, 0.4) is 0 Å². The van der Waals surface area contributed by atoms with Gasteiger partial charge in [0.15, 0.2) is 0 Å². The van der Waals surface area contributed by atoms with Gasteiger partial charge in [-0.3, -0.25) is 14.8 Å².